The number of methoxy groups -OCH3 is 1. The van der Waals surface area contributed by atoms with E-state index in [-0.39, 0.29) is 22.1 Å². The summed E-state index contributed by atoms with van der Waals surface area (Å²) in [5.41, 5.74) is 1.18. The van der Waals surface area contributed by atoms with Gasteiger partial charge in [0.15, 0.2) is 6.10 Å². The van der Waals surface area contributed by atoms with Crippen LogP contribution in [0.15, 0.2) is 53.4 Å². The number of likely N-dealkylation sites (tertiary alicyclic amines) is 1. The summed E-state index contributed by atoms with van der Waals surface area (Å²) in [7, 11) is -2.67. The van der Waals surface area contributed by atoms with E-state index >= 15 is 0 Å². The molecule has 0 aliphatic carbocycles. The lowest BCUT2D eigenvalue weighted by molar-refractivity contribution is -0.141. The molecule has 1 aliphatic heterocycles. The minimum absolute atomic E-state index is 0.111. The van der Waals surface area contributed by atoms with Crippen molar-refractivity contribution < 1.29 is 27.5 Å². The number of hydrogen-bond acceptors (Lipinski definition) is 6. The average molecular weight is 461 g/mol. The first-order chi connectivity index (χ1) is 15.2. The molecule has 32 heavy (non-hydrogen) atoms. The normalized spacial score (nSPS) is 15.8. The summed E-state index contributed by atoms with van der Waals surface area (Å²) in [6.07, 6.45) is 1.72. The number of primary sulfonamides is 1. The molecule has 0 spiro atoms. The van der Waals surface area contributed by atoms with Gasteiger partial charge in [0.1, 0.15) is 11.3 Å². The maximum Gasteiger partial charge on any atom is 0.342 e. The molecule has 1 heterocycles. The van der Waals surface area contributed by atoms with Crippen molar-refractivity contribution in [3.63, 3.8) is 0 Å². The van der Waals surface area contributed by atoms with E-state index in [2.05, 4.69) is 12.1 Å². The fourth-order valence-electron chi connectivity index (χ4n) is 3.86. The van der Waals surface area contributed by atoms with Crippen LogP contribution in [0.1, 0.15) is 35.7 Å². The van der Waals surface area contributed by atoms with Crippen molar-refractivity contribution in [2.24, 2.45) is 11.1 Å². The largest absolute Gasteiger partial charge is 0.496 e. The van der Waals surface area contributed by atoms with Gasteiger partial charge in [0.25, 0.3) is 5.91 Å². The average Bonchev–Trinajstić information content (AvgIpc) is 2.78. The minimum Gasteiger partial charge on any atom is -0.496 e. The first-order valence-electron chi connectivity index (χ1n) is 10.4. The van der Waals surface area contributed by atoms with E-state index in [9.17, 15) is 18.0 Å². The van der Waals surface area contributed by atoms with Gasteiger partial charge in [0.05, 0.1) is 12.0 Å². The molecule has 2 aromatic carbocycles. The second-order valence-electron chi connectivity index (χ2n) is 7.91. The Morgan fingerprint density at radius 3 is 2.38 bits per heavy atom. The lowest BCUT2D eigenvalue weighted by Crippen LogP contribution is -2.44. The number of nitrogens with zero attached hydrogens (tertiary/aromatic N) is 1. The number of carbonyl (C=O) groups is 2. The summed E-state index contributed by atoms with van der Waals surface area (Å²) in [4.78, 5) is 26.9. The third-order valence-corrected chi connectivity index (χ3v) is 6.56. The summed E-state index contributed by atoms with van der Waals surface area (Å²) < 4.78 is 33.7. The number of nitrogens with two attached hydrogens (primary N) is 1. The smallest absolute Gasteiger partial charge is 0.342 e. The number of hydrogen-bond donors (Lipinski definition) is 1. The molecular weight excluding hydrogens is 432 g/mol. The van der Waals surface area contributed by atoms with Gasteiger partial charge in [-0.3, -0.25) is 4.79 Å². The number of esters is 1. The van der Waals surface area contributed by atoms with E-state index in [4.69, 9.17) is 14.6 Å². The Morgan fingerprint density at radius 1 is 1.12 bits per heavy atom. The predicted octanol–water partition coefficient (Wildman–Crippen LogP) is 2.37. The molecule has 3 rings (SSSR count). The van der Waals surface area contributed by atoms with E-state index in [1.54, 1.807) is 4.90 Å². The molecule has 0 aromatic heterocycles. The zero-order valence-electron chi connectivity index (χ0n) is 18.2. The van der Waals surface area contributed by atoms with Gasteiger partial charge in [-0.2, -0.15) is 0 Å². The Kier molecular flexibility index (Phi) is 7.52. The monoisotopic (exact) mass is 460 g/mol. The molecule has 2 N–H and O–H groups in total. The van der Waals surface area contributed by atoms with Gasteiger partial charge in [0, 0.05) is 13.1 Å². The lowest BCUT2D eigenvalue weighted by atomic mass is 9.90. The van der Waals surface area contributed by atoms with Crippen LogP contribution in [0, 0.1) is 5.92 Å². The molecule has 0 radical (unpaired) electrons. The molecule has 1 aliphatic rings. The van der Waals surface area contributed by atoms with Gasteiger partial charge in [-0.05, 0) is 55.9 Å². The highest BCUT2D eigenvalue weighted by Gasteiger charge is 2.29. The summed E-state index contributed by atoms with van der Waals surface area (Å²) in [6.45, 7) is 2.71. The van der Waals surface area contributed by atoms with Crippen molar-refractivity contribution in [3.8, 4) is 5.75 Å². The first-order valence-corrected chi connectivity index (χ1v) is 12.0. The molecule has 2 aromatic rings. The van der Waals surface area contributed by atoms with Crippen LogP contribution in [-0.2, 0) is 26.0 Å². The Balaban J connectivity index is 1.59. The highest BCUT2D eigenvalue weighted by molar-refractivity contribution is 7.89. The Hall–Kier alpha value is -2.91. The number of piperidine rings is 1. The summed E-state index contributed by atoms with van der Waals surface area (Å²) in [5.74, 6) is -0.501. The molecule has 1 unspecified atom stereocenters. The van der Waals surface area contributed by atoms with Crippen LogP contribution in [0.5, 0.6) is 5.75 Å². The van der Waals surface area contributed by atoms with Crippen molar-refractivity contribution >= 4 is 21.9 Å². The quantitative estimate of drug-likeness (QED) is 0.634. The highest BCUT2D eigenvalue weighted by atomic mass is 32.2. The van der Waals surface area contributed by atoms with E-state index in [0.717, 1.165) is 25.3 Å². The molecule has 0 saturated carbocycles. The molecule has 1 saturated heterocycles. The van der Waals surface area contributed by atoms with Crippen LogP contribution in [0.2, 0.25) is 0 Å². The number of benzene rings is 2. The minimum atomic E-state index is -4.01. The van der Waals surface area contributed by atoms with Crippen molar-refractivity contribution in [1.82, 2.24) is 4.90 Å². The van der Waals surface area contributed by atoms with Crippen molar-refractivity contribution in [2.45, 2.75) is 37.2 Å². The van der Waals surface area contributed by atoms with Crippen LogP contribution >= 0.6 is 0 Å². The number of rotatable bonds is 7. The molecule has 1 fully saturated rings. The third-order valence-electron chi connectivity index (χ3n) is 5.64. The van der Waals surface area contributed by atoms with E-state index in [0.29, 0.717) is 19.0 Å². The Bertz CT molecular complexity index is 1060. The number of carbonyl (C=O) groups excluding carboxylic acids is 2. The Morgan fingerprint density at radius 2 is 1.78 bits per heavy atom. The predicted molar refractivity (Wildman–Crippen MR) is 119 cm³/mol. The molecular formula is C23H28N2O6S. The summed E-state index contributed by atoms with van der Waals surface area (Å²) >= 11 is 0. The molecule has 172 valence electrons. The molecule has 8 nitrogen and oxygen atoms in total. The molecule has 9 heteroatoms. The SMILES string of the molecule is COc1ccc(S(N)(=O)=O)cc1C(=O)OC(C)C(=O)N1CCC(Cc2ccccc2)CC1. The molecule has 1 amide bonds. The lowest BCUT2D eigenvalue weighted by Gasteiger charge is -2.33. The fraction of sp³-hybridized carbons (Fsp3) is 0.391. The van der Waals surface area contributed by atoms with Gasteiger partial charge < -0.3 is 14.4 Å². The summed E-state index contributed by atoms with van der Waals surface area (Å²) in [5, 5.41) is 5.14. The number of ether oxygens (including phenoxy) is 2. The second-order valence-corrected chi connectivity index (χ2v) is 9.47. The maximum atomic E-state index is 12.8. The van der Waals surface area contributed by atoms with Crippen LogP contribution < -0.4 is 9.88 Å². The number of sulfonamides is 1. The van der Waals surface area contributed by atoms with Crippen molar-refractivity contribution in [1.29, 1.82) is 0 Å². The van der Waals surface area contributed by atoms with Crippen molar-refractivity contribution in [3.05, 3.63) is 59.7 Å². The topological polar surface area (TPSA) is 116 Å². The zero-order valence-corrected chi connectivity index (χ0v) is 19.0. The zero-order chi connectivity index (χ0) is 23.3. The summed E-state index contributed by atoms with van der Waals surface area (Å²) in [6, 6.07) is 13.9. The van der Waals surface area contributed by atoms with E-state index < -0.39 is 22.1 Å². The van der Waals surface area contributed by atoms with Crippen LogP contribution in [-0.4, -0.2) is 51.5 Å². The number of amides is 1. The standard InChI is InChI=1S/C23H28N2O6S/c1-16(31-23(27)20-15-19(32(24,28)29)8-9-21(20)30-2)22(26)25-12-10-18(11-13-25)14-17-6-4-3-5-7-17/h3-9,15-16,18H,10-14H2,1-2H3,(H2,24,28,29). The van der Waals surface area contributed by atoms with Gasteiger partial charge in [-0.1, -0.05) is 30.3 Å². The second kappa shape index (κ2) is 10.1. The van der Waals surface area contributed by atoms with Gasteiger partial charge in [0.2, 0.25) is 10.0 Å². The van der Waals surface area contributed by atoms with E-state index in [1.807, 2.05) is 18.2 Å². The van der Waals surface area contributed by atoms with Gasteiger partial charge in [-0.25, -0.2) is 18.4 Å². The Labute approximate surface area is 188 Å². The molecule has 1 atom stereocenters. The fourth-order valence-corrected chi connectivity index (χ4v) is 4.40. The van der Waals surface area contributed by atoms with Crippen LogP contribution in [0.3, 0.4) is 0 Å². The van der Waals surface area contributed by atoms with Crippen LogP contribution in [0.25, 0.3) is 0 Å². The maximum absolute atomic E-state index is 12.8. The van der Waals surface area contributed by atoms with Gasteiger partial charge in [-0.15, -0.1) is 0 Å². The highest BCUT2D eigenvalue weighted by Crippen LogP contribution is 2.25. The van der Waals surface area contributed by atoms with Gasteiger partial charge >= 0.3 is 5.97 Å². The third kappa shape index (κ3) is 5.86. The van der Waals surface area contributed by atoms with Crippen molar-refractivity contribution in [2.75, 3.05) is 20.2 Å². The van der Waals surface area contributed by atoms with Crippen LogP contribution in [0.4, 0.5) is 0 Å². The first kappa shape index (κ1) is 23.7. The molecule has 0 bridgehead atoms. The van der Waals surface area contributed by atoms with E-state index in [1.165, 1.54) is 31.7 Å².